The molecule has 0 aromatic heterocycles. The van der Waals surface area contributed by atoms with Crippen molar-refractivity contribution >= 4 is 17.7 Å². The predicted octanol–water partition coefficient (Wildman–Crippen LogP) is 1.45. The van der Waals surface area contributed by atoms with Crippen LogP contribution in [0.1, 0.15) is 19.3 Å². The van der Waals surface area contributed by atoms with Crippen molar-refractivity contribution in [1.29, 1.82) is 0 Å². The third-order valence-corrected chi connectivity index (χ3v) is 2.14. The van der Waals surface area contributed by atoms with Gasteiger partial charge in [-0.25, -0.2) is 0 Å². The van der Waals surface area contributed by atoms with Gasteiger partial charge in [0.1, 0.15) is 6.10 Å². The summed E-state index contributed by atoms with van der Waals surface area (Å²) in [6.07, 6.45) is 5.51. The Kier molecular flexibility index (Phi) is 3.06. The quantitative estimate of drug-likeness (QED) is 0.584. The Morgan fingerprint density at radius 1 is 1.70 bits per heavy atom. The van der Waals surface area contributed by atoms with Crippen LogP contribution in [0.5, 0.6) is 0 Å². The summed E-state index contributed by atoms with van der Waals surface area (Å²) in [5.74, 6) is 0.438. The highest BCUT2D eigenvalue weighted by atomic mass is 32.2. The fourth-order valence-corrected chi connectivity index (χ4v) is 1.13. The standard InChI is InChI=1S/C7H12O2S/c1-10-5-7(8)9-6-3-2-4-6/h6H,2-5H2,1H3. The zero-order valence-electron chi connectivity index (χ0n) is 6.13. The number of rotatable bonds is 3. The van der Waals surface area contributed by atoms with Crippen molar-refractivity contribution in [2.24, 2.45) is 0 Å². The Morgan fingerprint density at radius 2 is 2.40 bits per heavy atom. The van der Waals surface area contributed by atoms with E-state index in [-0.39, 0.29) is 12.1 Å². The van der Waals surface area contributed by atoms with E-state index in [9.17, 15) is 4.79 Å². The van der Waals surface area contributed by atoms with Crippen LogP contribution in [0.2, 0.25) is 0 Å². The Morgan fingerprint density at radius 3 is 2.80 bits per heavy atom. The van der Waals surface area contributed by atoms with E-state index in [1.165, 1.54) is 18.2 Å². The lowest BCUT2D eigenvalue weighted by atomic mass is 9.96. The minimum absolute atomic E-state index is 0.0581. The molecule has 0 spiro atoms. The first-order valence-corrected chi connectivity index (χ1v) is 4.90. The average Bonchev–Trinajstić information content (AvgIpc) is 1.80. The van der Waals surface area contributed by atoms with Crippen LogP contribution in [0.25, 0.3) is 0 Å². The van der Waals surface area contributed by atoms with E-state index in [0.717, 1.165) is 12.8 Å². The van der Waals surface area contributed by atoms with Gasteiger partial charge in [0.25, 0.3) is 0 Å². The minimum atomic E-state index is -0.0581. The molecule has 2 nitrogen and oxygen atoms in total. The minimum Gasteiger partial charge on any atom is -0.462 e. The van der Waals surface area contributed by atoms with Gasteiger partial charge in [0.15, 0.2) is 0 Å². The topological polar surface area (TPSA) is 26.3 Å². The van der Waals surface area contributed by atoms with Crippen LogP contribution in [-0.4, -0.2) is 24.1 Å². The number of esters is 1. The number of carbonyl (C=O) groups is 1. The largest absolute Gasteiger partial charge is 0.462 e. The lowest BCUT2D eigenvalue weighted by Crippen LogP contribution is -2.25. The molecule has 0 aromatic rings. The predicted molar refractivity (Wildman–Crippen MR) is 42.1 cm³/mol. The molecule has 1 aliphatic rings. The summed E-state index contributed by atoms with van der Waals surface area (Å²) < 4.78 is 5.07. The summed E-state index contributed by atoms with van der Waals surface area (Å²) >= 11 is 1.51. The van der Waals surface area contributed by atoms with Crippen molar-refractivity contribution in [2.75, 3.05) is 12.0 Å². The van der Waals surface area contributed by atoms with Gasteiger partial charge in [0.2, 0.25) is 0 Å². The summed E-state index contributed by atoms with van der Waals surface area (Å²) in [7, 11) is 0. The van der Waals surface area contributed by atoms with E-state index in [0.29, 0.717) is 5.75 Å². The van der Waals surface area contributed by atoms with Gasteiger partial charge in [0.05, 0.1) is 5.75 Å². The normalized spacial score (nSPS) is 18.1. The van der Waals surface area contributed by atoms with Gasteiger partial charge in [-0.2, -0.15) is 11.8 Å². The van der Waals surface area contributed by atoms with Crippen molar-refractivity contribution in [1.82, 2.24) is 0 Å². The van der Waals surface area contributed by atoms with Crippen LogP contribution in [0, 0.1) is 0 Å². The van der Waals surface area contributed by atoms with Gasteiger partial charge in [-0.3, -0.25) is 4.79 Å². The maximum atomic E-state index is 10.8. The van der Waals surface area contributed by atoms with Gasteiger partial charge >= 0.3 is 5.97 Å². The van der Waals surface area contributed by atoms with Gasteiger partial charge in [-0.1, -0.05) is 0 Å². The Balaban J connectivity index is 2.05. The molecule has 1 fully saturated rings. The first-order valence-electron chi connectivity index (χ1n) is 3.51. The molecule has 1 aliphatic carbocycles. The Labute approximate surface area is 65.3 Å². The van der Waals surface area contributed by atoms with Gasteiger partial charge < -0.3 is 4.74 Å². The fraction of sp³-hybridized carbons (Fsp3) is 0.857. The molecule has 0 saturated heterocycles. The van der Waals surface area contributed by atoms with E-state index < -0.39 is 0 Å². The maximum Gasteiger partial charge on any atom is 0.316 e. The van der Waals surface area contributed by atoms with Crippen LogP contribution in [0.3, 0.4) is 0 Å². The third kappa shape index (κ3) is 2.21. The fourth-order valence-electron chi connectivity index (χ4n) is 0.826. The molecule has 10 heavy (non-hydrogen) atoms. The van der Waals surface area contributed by atoms with Gasteiger partial charge in [0, 0.05) is 0 Å². The molecule has 0 unspecified atom stereocenters. The summed E-state index contributed by atoms with van der Waals surface area (Å²) in [5.41, 5.74) is 0. The van der Waals surface area contributed by atoms with Crippen LogP contribution in [0.15, 0.2) is 0 Å². The SMILES string of the molecule is CSCC(=O)OC1CCC1. The smallest absolute Gasteiger partial charge is 0.316 e. The van der Waals surface area contributed by atoms with Crippen molar-refractivity contribution in [3.8, 4) is 0 Å². The molecular formula is C7H12O2S. The van der Waals surface area contributed by atoms with Gasteiger partial charge in [-0.05, 0) is 25.5 Å². The van der Waals surface area contributed by atoms with E-state index >= 15 is 0 Å². The number of hydrogen-bond acceptors (Lipinski definition) is 3. The highest BCUT2D eigenvalue weighted by molar-refractivity contribution is 7.99. The van der Waals surface area contributed by atoms with Crippen molar-refractivity contribution in [2.45, 2.75) is 25.4 Å². The molecule has 0 atom stereocenters. The first-order chi connectivity index (χ1) is 4.83. The van der Waals surface area contributed by atoms with Crippen LogP contribution in [-0.2, 0) is 9.53 Å². The average molecular weight is 160 g/mol. The van der Waals surface area contributed by atoms with Crippen molar-refractivity contribution in [3.05, 3.63) is 0 Å². The zero-order valence-corrected chi connectivity index (χ0v) is 6.95. The maximum absolute atomic E-state index is 10.8. The van der Waals surface area contributed by atoms with Crippen molar-refractivity contribution in [3.63, 3.8) is 0 Å². The number of hydrogen-bond donors (Lipinski definition) is 0. The first kappa shape index (κ1) is 7.92. The van der Waals surface area contributed by atoms with E-state index in [1.807, 2.05) is 6.26 Å². The Hall–Kier alpha value is -0.180. The summed E-state index contributed by atoms with van der Waals surface area (Å²) in [6.45, 7) is 0. The molecule has 58 valence electrons. The number of thioether (sulfide) groups is 1. The number of ether oxygens (including phenoxy) is 1. The number of carbonyl (C=O) groups excluding carboxylic acids is 1. The molecule has 0 N–H and O–H groups in total. The van der Waals surface area contributed by atoms with Gasteiger partial charge in [-0.15, -0.1) is 0 Å². The van der Waals surface area contributed by atoms with E-state index in [2.05, 4.69) is 0 Å². The van der Waals surface area contributed by atoms with Crippen molar-refractivity contribution < 1.29 is 9.53 Å². The molecular weight excluding hydrogens is 148 g/mol. The molecule has 0 bridgehead atoms. The zero-order chi connectivity index (χ0) is 7.40. The van der Waals surface area contributed by atoms with E-state index in [1.54, 1.807) is 0 Å². The second-order valence-corrected chi connectivity index (χ2v) is 3.34. The molecule has 0 amide bonds. The van der Waals surface area contributed by atoms with E-state index in [4.69, 9.17) is 4.74 Å². The van der Waals surface area contributed by atoms with Crippen LogP contribution in [0.4, 0.5) is 0 Å². The second kappa shape index (κ2) is 3.86. The lowest BCUT2D eigenvalue weighted by molar-refractivity contribution is -0.149. The van der Waals surface area contributed by atoms with Crippen LogP contribution >= 0.6 is 11.8 Å². The summed E-state index contributed by atoms with van der Waals surface area (Å²) in [4.78, 5) is 10.8. The molecule has 0 aliphatic heterocycles. The Bertz CT molecular complexity index is 121. The summed E-state index contributed by atoms with van der Waals surface area (Å²) in [5, 5.41) is 0. The second-order valence-electron chi connectivity index (χ2n) is 2.48. The highest BCUT2D eigenvalue weighted by Crippen LogP contribution is 2.22. The third-order valence-electron chi connectivity index (χ3n) is 1.61. The monoisotopic (exact) mass is 160 g/mol. The highest BCUT2D eigenvalue weighted by Gasteiger charge is 2.20. The lowest BCUT2D eigenvalue weighted by Gasteiger charge is -2.24. The molecule has 1 rings (SSSR count). The molecule has 0 radical (unpaired) electrons. The molecule has 1 saturated carbocycles. The van der Waals surface area contributed by atoms with Crippen LogP contribution < -0.4 is 0 Å². The summed E-state index contributed by atoms with van der Waals surface area (Å²) in [6, 6.07) is 0. The molecule has 0 aromatic carbocycles. The molecule has 0 heterocycles. The molecule has 3 heteroatoms.